The van der Waals surface area contributed by atoms with Gasteiger partial charge in [-0.2, -0.15) is 5.10 Å². The lowest BCUT2D eigenvalue weighted by Crippen LogP contribution is -2.31. The number of aromatic amines is 2. The van der Waals surface area contributed by atoms with Crippen LogP contribution in [0.25, 0.3) is 22.2 Å². The molecule has 3 N–H and O–H groups in total. The van der Waals surface area contributed by atoms with Crippen LogP contribution in [0, 0.1) is 37.4 Å². The lowest BCUT2D eigenvalue weighted by Gasteiger charge is -2.25. The predicted octanol–water partition coefficient (Wildman–Crippen LogP) is 5.87. The Morgan fingerprint density at radius 1 is 1.06 bits per heavy atom. The van der Waals surface area contributed by atoms with Gasteiger partial charge in [0.25, 0.3) is 0 Å². The number of amides is 1. The average Bonchev–Trinajstić information content (AvgIpc) is 3.75. The summed E-state index contributed by atoms with van der Waals surface area (Å²) in [6, 6.07) is 12.4. The zero-order valence-corrected chi connectivity index (χ0v) is 19.4. The SMILES string of the molecule is Cc1n[nH]c(C)c1-c1ccc(NC(=O)C(c2nc3ccc(F)cc3[nH]2)C(C2CC2)C2CC2)cc1. The van der Waals surface area contributed by atoms with E-state index in [4.69, 9.17) is 4.98 Å². The fourth-order valence-electron chi connectivity index (χ4n) is 5.44. The van der Waals surface area contributed by atoms with E-state index in [1.165, 1.54) is 12.1 Å². The van der Waals surface area contributed by atoms with Gasteiger partial charge in [-0.3, -0.25) is 9.89 Å². The molecule has 174 valence electrons. The maximum Gasteiger partial charge on any atom is 0.235 e. The Morgan fingerprint density at radius 3 is 2.38 bits per heavy atom. The van der Waals surface area contributed by atoms with E-state index in [9.17, 15) is 9.18 Å². The van der Waals surface area contributed by atoms with Crippen LogP contribution in [0.3, 0.4) is 0 Å². The Morgan fingerprint density at radius 2 is 1.76 bits per heavy atom. The predicted molar refractivity (Wildman–Crippen MR) is 130 cm³/mol. The second-order valence-corrected chi connectivity index (χ2v) is 9.89. The van der Waals surface area contributed by atoms with Gasteiger partial charge in [-0.05, 0) is 93.2 Å². The Bertz CT molecular complexity index is 1330. The van der Waals surface area contributed by atoms with Crippen molar-refractivity contribution in [1.29, 1.82) is 0 Å². The standard InChI is InChI=1S/C27H28FN5O/c1-14-23(15(2)33-32-14)16-7-10-20(11-8-16)29-27(34)25(24(17-3-4-17)18-5-6-18)26-30-21-12-9-19(28)13-22(21)31-26/h7-13,17-18,24-25H,3-6H2,1-2H3,(H,29,34)(H,30,31)(H,32,33). The Kier molecular flexibility index (Phi) is 5.01. The lowest BCUT2D eigenvalue weighted by molar-refractivity contribution is -0.119. The number of aromatic nitrogens is 4. The van der Waals surface area contributed by atoms with E-state index < -0.39 is 0 Å². The molecule has 0 spiro atoms. The van der Waals surface area contributed by atoms with E-state index in [2.05, 4.69) is 20.5 Å². The summed E-state index contributed by atoms with van der Waals surface area (Å²) in [5.74, 6) is 1.28. The highest BCUT2D eigenvalue weighted by Crippen LogP contribution is 2.54. The first-order valence-corrected chi connectivity index (χ1v) is 12.1. The highest BCUT2D eigenvalue weighted by Gasteiger charge is 2.49. The summed E-state index contributed by atoms with van der Waals surface area (Å²) in [7, 11) is 0. The first-order chi connectivity index (χ1) is 16.5. The summed E-state index contributed by atoms with van der Waals surface area (Å²) < 4.78 is 13.8. The average molecular weight is 458 g/mol. The number of rotatable bonds is 7. The van der Waals surface area contributed by atoms with Gasteiger partial charge in [0.05, 0.1) is 22.6 Å². The van der Waals surface area contributed by atoms with Crippen LogP contribution in [0.4, 0.5) is 10.1 Å². The first-order valence-electron chi connectivity index (χ1n) is 12.1. The summed E-state index contributed by atoms with van der Waals surface area (Å²) in [5.41, 5.74) is 6.20. The van der Waals surface area contributed by atoms with Gasteiger partial charge >= 0.3 is 0 Å². The molecule has 1 amide bonds. The molecule has 2 aromatic heterocycles. The highest BCUT2D eigenvalue weighted by atomic mass is 19.1. The number of nitrogens with zero attached hydrogens (tertiary/aromatic N) is 2. The van der Waals surface area contributed by atoms with Crippen molar-refractivity contribution < 1.29 is 9.18 Å². The Hall–Kier alpha value is -3.48. The normalized spacial score (nSPS) is 16.8. The maximum absolute atomic E-state index is 13.8. The van der Waals surface area contributed by atoms with Crippen LogP contribution >= 0.6 is 0 Å². The quantitative estimate of drug-likeness (QED) is 0.324. The molecular formula is C27H28FN5O. The molecule has 0 bridgehead atoms. The number of fused-ring (bicyclic) bond motifs is 1. The molecule has 6 nitrogen and oxygen atoms in total. The van der Waals surface area contributed by atoms with E-state index in [-0.39, 0.29) is 23.6 Å². The number of halogens is 1. The van der Waals surface area contributed by atoms with Crippen LogP contribution in [0.15, 0.2) is 42.5 Å². The summed E-state index contributed by atoms with van der Waals surface area (Å²) in [4.78, 5) is 21.7. The number of aryl methyl sites for hydroxylation is 2. The van der Waals surface area contributed by atoms with Gasteiger partial charge < -0.3 is 10.3 Å². The number of carbonyl (C=O) groups is 1. The van der Waals surface area contributed by atoms with Crippen LogP contribution in [-0.2, 0) is 4.79 Å². The Balaban J connectivity index is 1.31. The molecule has 7 heteroatoms. The lowest BCUT2D eigenvalue weighted by atomic mass is 9.82. The largest absolute Gasteiger partial charge is 0.341 e. The zero-order valence-electron chi connectivity index (χ0n) is 19.4. The molecule has 0 aliphatic heterocycles. The molecule has 6 rings (SSSR count). The third-order valence-electron chi connectivity index (χ3n) is 7.33. The zero-order chi connectivity index (χ0) is 23.4. The number of hydrogen-bond acceptors (Lipinski definition) is 3. The van der Waals surface area contributed by atoms with Crippen molar-refractivity contribution in [2.24, 2.45) is 17.8 Å². The molecule has 2 fully saturated rings. The molecule has 0 radical (unpaired) electrons. The molecule has 2 aliphatic rings. The summed E-state index contributed by atoms with van der Waals surface area (Å²) in [5, 5.41) is 10.4. The van der Waals surface area contributed by atoms with Crippen LogP contribution in [0.5, 0.6) is 0 Å². The number of nitrogens with one attached hydrogen (secondary N) is 3. The molecule has 2 aliphatic carbocycles. The number of imidazole rings is 1. The second kappa shape index (κ2) is 8.08. The summed E-state index contributed by atoms with van der Waals surface area (Å²) in [6.07, 6.45) is 4.66. The van der Waals surface area contributed by atoms with Gasteiger partial charge in [0.1, 0.15) is 11.6 Å². The fraction of sp³-hybridized carbons (Fsp3) is 0.370. The monoisotopic (exact) mass is 457 g/mol. The van der Waals surface area contributed by atoms with Crippen LogP contribution in [0.1, 0.15) is 48.8 Å². The molecule has 2 saturated carbocycles. The van der Waals surface area contributed by atoms with E-state index in [0.29, 0.717) is 28.7 Å². The maximum atomic E-state index is 13.8. The van der Waals surface area contributed by atoms with Crippen molar-refractivity contribution in [3.8, 4) is 11.1 Å². The Labute approximate surface area is 197 Å². The third kappa shape index (κ3) is 3.89. The molecular weight excluding hydrogens is 429 g/mol. The van der Waals surface area contributed by atoms with Crippen LogP contribution < -0.4 is 5.32 Å². The van der Waals surface area contributed by atoms with E-state index in [1.807, 2.05) is 38.1 Å². The summed E-state index contributed by atoms with van der Waals surface area (Å²) in [6.45, 7) is 3.99. The van der Waals surface area contributed by atoms with Gasteiger partial charge in [0.15, 0.2) is 0 Å². The minimum atomic E-state index is -0.381. The van der Waals surface area contributed by atoms with Gasteiger partial charge in [-0.25, -0.2) is 9.37 Å². The molecule has 2 aromatic carbocycles. The van der Waals surface area contributed by atoms with Crippen molar-refractivity contribution in [3.05, 3.63) is 65.5 Å². The third-order valence-corrected chi connectivity index (χ3v) is 7.33. The fourth-order valence-corrected chi connectivity index (χ4v) is 5.44. The molecule has 1 atom stereocenters. The molecule has 4 aromatic rings. The second-order valence-electron chi connectivity index (χ2n) is 9.89. The number of benzene rings is 2. The molecule has 0 saturated heterocycles. The van der Waals surface area contributed by atoms with Gasteiger partial charge in [-0.15, -0.1) is 0 Å². The minimum absolute atomic E-state index is 0.0493. The van der Waals surface area contributed by atoms with E-state index in [0.717, 1.165) is 53.9 Å². The number of anilines is 1. The van der Waals surface area contributed by atoms with Crippen molar-refractivity contribution in [3.63, 3.8) is 0 Å². The summed E-state index contributed by atoms with van der Waals surface area (Å²) >= 11 is 0. The number of hydrogen-bond donors (Lipinski definition) is 3. The first kappa shape index (κ1) is 21.1. The highest BCUT2D eigenvalue weighted by molar-refractivity contribution is 5.96. The molecule has 1 unspecified atom stereocenters. The van der Waals surface area contributed by atoms with Crippen molar-refractivity contribution >= 4 is 22.6 Å². The number of H-pyrrole nitrogens is 2. The number of carbonyl (C=O) groups excluding carboxylic acids is 1. The van der Waals surface area contributed by atoms with Crippen LogP contribution in [-0.4, -0.2) is 26.1 Å². The van der Waals surface area contributed by atoms with Crippen LogP contribution in [0.2, 0.25) is 0 Å². The van der Waals surface area contributed by atoms with Gasteiger partial charge in [-0.1, -0.05) is 12.1 Å². The van der Waals surface area contributed by atoms with Gasteiger partial charge in [0.2, 0.25) is 5.91 Å². The van der Waals surface area contributed by atoms with Gasteiger partial charge in [0, 0.05) is 16.9 Å². The minimum Gasteiger partial charge on any atom is -0.341 e. The van der Waals surface area contributed by atoms with E-state index >= 15 is 0 Å². The van der Waals surface area contributed by atoms with Crippen molar-refractivity contribution in [2.45, 2.75) is 45.4 Å². The molecule has 2 heterocycles. The van der Waals surface area contributed by atoms with Crippen molar-refractivity contribution in [2.75, 3.05) is 5.32 Å². The van der Waals surface area contributed by atoms with E-state index in [1.54, 1.807) is 6.07 Å². The smallest absolute Gasteiger partial charge is 0.235 e. The van der Waals surface area contributed by atoms with Crippen molar-refractivity contribution in [1.82, 2.24) is 20.2 Å². The topological polar surface area (TPSA) is 86.5 Å². The molecule has 34 heavy (non-hydrogen) atoms.